The second kappa shape index (κ2) is 5.25. The molecule has 0 aromatic carbocycles. The highest BCUT2D eigenvalue weighted by Crippen LogP contribution is 2.31. The van der Waals surface area contributed by atoms with E-state index in [2.05, 4.69) is 17.1 Å². The van der Waals surface area contributed by atoms with Crippen LogP contribution in [0, 0.1) is 5.92 Å². The fourth-order valence-electron chi connectivity index (χ4n) is 3.96. The van der Waals surface area contributed by atoms with E-state index in [4.69, 9.17) is 4.74 Å². The summed E-state index contributed by atoms with van der Waals surface area (Å²) in [4.78, 5) is 2.77. The third-order valence-electron chi connectivity index (χ3n) is 4.79. The van der Waals surface area contributed by atoms with Crippen molar-refractivity contribution in [3.63, 3.8) is 0 Å². The molecule has 17 heavy (non-hydrogen) atoms. The average Bonchev–Trinajstić information content (AvgIpc) is 2.38. The molecule has 1 aliphatic carbocycles. The summed E-state index contributed by atoms with van der Waals surface area (Å²) in [7, 11) is 0. The van der Waals surface area contributed by atoms with Gasteiger partial charge in [0, 0.05) is 25.2 Å². The van der Waals surface area contributed by atoms with Gasteiger partial charge in [0.1, 0.15) is 0 Å². The first-order valence-corrected chi connectivity index (χ1v) is 7.42. The molecular weight excluding hydrogens is 212 g/mol. The minimum absolute atomic E-state index is 0.537. The van der Waals surface area contributed by atoms with Crippen molar-refractivity contribution in [2.24, 2.45) is 5.92 Å². The molecule has 4 atom stereocenters. The smallest absolute Gasteiger partial charge is 0.0731 e. The molecule has 4 unspecified atom stereocenters. The zero-order valence-corrected chi connectivity index (χ0v) is 11.0. The molecule has 0 amide bonds. The molecule has 0 aromatic heterocycles. The van der Waals surface area contributed by atoms with E-state index in [1.165, 1.54) is 45.2 Å². The van der Waals surface area contributed by atoms with Gasteiger partial charge < -0.3 is 10.1 Å². The monoisotopic (exact) mass is 238 g/mol. The molecule has 3 nitrogen and oxygen atoms in total. The summed E-state index contributed by atoms with van der Waals surface area (Å²) in [5.74, 6) is 0.832. The summed E-state index contributed by atoms with van der Waals surface area (Å²) >= 11 is 0. The zero-order chi connectivity index (χ0) is 11.7. The van der Waals surface area contributed by atoms with Crippen molar-refractivity contribution in [2.75, 3.05) is 26.2 Å². The Kier molecular flexibility index (Phi) is 3.69. The standard InChI is InChI=1S/C14H26N2O/c1-11-8-12(10-15-9-11)16-6-7-17-14-5-3-2-4-13(14)16/h11-15H,2-10H2,1H3. The fourth-order valence-corrected chi connectivity index (χ4v) is 3.96. The van der Waals surface area contributed by atoms with E-state index in [1.54, 1.807) is 0 Å². The zero-order valence-electron chi connectivity index (χ0n) is 11.0. The van der Waals surface area contributed by atoms with Gasteiger partial charge >= 0.3 is 0 Å². The van der Waals surface area contributed by atoms with Crippen LogP contribution in [0.1, 0.15) is 39.0 Å². The summed E-state index contributed by atoms with van der Waals surface area (Å²) in [5.41, 5.74) is 0. The lowest BCUT2D eigenvalue weighted by molar-refractivity contribution is -0.106. The molecule has 2 aliphatic heterocycles. The maximum atomic E-state index is 5.97. The molecular formula is C14H26N2O. The van der Waals surface area contributed by atoms with Crippen LogP contribution in [-0.2, 0) is 4.74 Å². The lowest BCUT2D eigenvalue weighted by Crippen LogP contribution is -2.60. The Hall–Kier alpha value is -0.120. The van der Waals surface area contributed by atoms with Crippen LogP contribution in [0.5, 0.6) is 0 Å². The highest BCUT2D eigenvalue weighted by molar-refractivity contribution is 4.93. The predicted molar refractivity (Wildman–Crippen MR) is 69.1 cm³/mol. The predicted octanol–water partition coefficient (Wildman–Crippen LogP) is 1.63. The highest BCUT2D eigenvalue weighted by Gasteiger charge is 2.38. The number of piperidine rings is 1. The number of nitrogens with zero attached hydrogens (tertiary/aromatic N) is 1. The van der Waals surface area contributed by atoms with Crippen molar-refractivity contribution in [2.45, 2.75) is 57.2 Å². The van der Waals surface area contributed by atoms with Crippen LogP contribution in [0.2, 0.25) is 0 Å². The molecule has 2 heterocycles. The van der Waals surface area contributed by atoms with Gasteiger partial charge in [-0.15, -0.1) is 0 Å². The summed E-state index contributed by atoms with van der Waals surface area (Å²) in [6.07, 6.45) is 7.32. The van der Waals surface area contributed by atoms with Crippen LogP contribution in [0.15, 0.2) is 0 Å². The molecule has 3 heteroatoms. The number of rotatable bonds is 1. The molecule has 0 radical (unpaired) electrons. The molecule has 98 valence electrons. The first-order valence-electron chi connectivity index (χ1n) is 7.42. The summed E-state index contributed by atoms with van der Waals surface area (Å²) < 4.78 is 5.97. The Bertz CT molecular complexity index is 257. The number of hydrogen-bond donors (Lipinski definition) is 1. The van der Waals surface area contributed by atoms with E-state index in [-0.39, 0.29) is 0 Å². The van der Waals surface area contributed by atoms with E-state index in [0.29, 0.717) is 6.10 Å². The van der Waals surface area contributed by atoms with Gasteiger partial charge in [-0.1, -0.05) is 19.8 Å². The van der Waals surface area contributed by atoms with Gasteiger partial charge in [0.2, 0.25) is 0 Å². The molecule has 3 aliphatic rings. The Balaban J connectivity index is 1.67. The SMILES string of the molecule is CC1CNCC(N2CCOC3CCCCC32)C1. The van der Waals surface area contributed by atoms with Crippen LogP contribution in [0.3, 0.4) is 0 Å². The number of ether oxygens (including phenoxy) is 1. The van der Waals surface area contributed by atoms with Gasteiger partial charge in [-0.25, -0.2) is 0 Å². The van der Waals surface area contributed by atoms with Gasteiger partial charge in [-0.05, 0) is 31.7 Å². The van der Waals surface area contributed by atoms with Crippen molar-refractivity contribution >= 4 is 0 Å². The topological polar surface area (TPSA) is 24.5 Å². The number of nitrogens with one attached hydrogen (secondary N) is 1. The van der Waals surface area contributed by atoms with Gasteiger partial charge in [-0.3, -0.25) is 4.90 Å². The Morgan fingerprint density at radius 3 is 2.94 bits per heavy atom. The van der Waals surface area contributed by atoms with E-state index < -0.39 is 0 Å². The van der Waals surface area contributed by atoms with Crippen molar-refractivity contribution in [3.8, 4) is 0 Å². The van der Waals surface area contributed by atoms with Crippen molar-refractivity contribution in [3.05, 3.63) is 0 Å². The maximum Gasteiger partial charge on any atom is 0.0731 e. The fraction of sp³-hybridized carbons (Fsp3) is 1.00. The molecule has 1 N–H and O–H groups in total. The van der Waals surface area contributed by atoms with Crippen LogP contribution in [-0.4, -0.2) is 49.3 Å². The van der Waals surface area contributed by atoms with Crippen LogP contribution in [0.25, 0.3) is 0 Å². The van der Waals surface area contributed by atoms with E-state index >= 15 is 0 Å². The second-order valence-corrected chi connectivity index (χ2v) is 6.15. The third kappa shape index (κ3) is 2.51. The maximum absolute atomic E-state index is 5.97. The minimum atomic E-state index is 0.537. The second-order valence-electron chi connectivity index (χ2n) is 6.15. The first-order chi connectivity index (χ1) is 8.34. The molecule has 3 fully saturated rings. The van der Waals surface area contributed by atoms with Crippen LogP contribution >= 0.6 is 0 Å². The van der Waals surface area contributed by atoms with E-state index in [9.17, 15) is 0 Å². The lowest BCUT2D eigenvalue weighted by atomic mass is 9.87. The molecule has 0 spiro atoms. The Morgan fingerprint density at radius 1 is 1.18 bits per heavy atom. The number of morpholine rings is 1. The van der Waals surface area contributed by atoms with E-state index in [0.717, 1.165) is 31.2 Å². The van der Waals surface area contributed by atoms with Crippen molar-refractivity contribution < 1.29 is 4.74 Å². The summed E-state index contributed by atoms with van der Waals surface area (Å²) in [5, 5.41) is 3.59. The summed E-state index contributed by atoms with van der Waals surface area (Å²) in [6.45, 7) is 6.87. The normalized spacial score (nSPS) is 44.3. The first kappa shape index (κ1) is 11.9. The molecule has 0 bridgehead atoms. The van der Waals surface area contributed by atoms with Gasteiger partial charge in [-0.2, -0.15) is 0 Å². The van der Waals surface area contributed by atoms with Crippen LogP contribution in [0.4, 0.5) is 0 Å². The van der Waals surface area contributed by atoms with Crippen molar-refractivity contribution in [1.82, 2.24) is 10.2 Å². The average molecular weight is 238 g/mol. The largest absolute Gasteiger partial charge is 0.375 e. The molecule has 0 aromatic rings. The molecule has 2 saturated heterocycles. The van der Waals surface area contributed by atoms with E-state index in [1.807, 2.05) is 0 Å². The number of hydrogen-bond acceptors (Lipinski definition) is 3. The molecule has 3 rings (SSSR count). The van der Waals surface area contributed by atoms with Gasteiger partial charge in [0.25, 0.3) is 0 Å². The lowest BCUT2D eigenvalue weighted by Gasteiger charge is -2.49. The van der Waals surface area contributed by atoms with Gasteiger partial charge in [0.05, 0.1) is 12.7 Å². The third-order valence-corrected chi connectivity index (χ3v) is 4.79. The van der Waals surface area contributed by atoms with Crippen LogP contribution < -0.4 is 5.32 Å². The quantitative estimate of drug-likeness (QED) is 0.751. The van der Waals surface area contributed by atoms with Crippen molar-refractivity contribution in [1.29, 1.82) is 0 Å². The number of fused-ring (bicyclic) bond motifs is 1. The Labute approximate surface area is 105 Å². The minimum Gasteiger partial charge on any atom is -0.375 e. The van der Waals surface area contributed by atoms with Gasteiger partial charge in [0.15, 0.2) is 0 Å². The summed E-state index contributed by atoms with van der Waals surface area (Å²) in [6, 6.07) is 1.47. The highest BCUT2D eigenvalue weighted by atomic mass is 16.5. The Morgan fingerprint density at radius 2 is 2.06 bits per heavy atom. The molecule has 1 saturated carbocycles.